The number of benzene rings is 1. The third kappa shape index (κ3) is 4.48. The number of rotatable bonds is 6. The summed E-state index contributed by atoms with van der Waals surface area (Å²) in [6.45, 7) is 6.06. The minimum atomic E-state index is 0.0110. The van der Waals surface area contributed by atoms with Gasteiger partial charge in [-0.3, -0.25) is 4.79 Å². The monoisotopic (exact) mass is 332 g/mol. The summed E-state index contributed by atoms with van der Waals surface area (Å²) < 4.78 is 11.1. The van der Waals surface area contributed by atoms with Crippen LogP contribution in [-0.2, 0) is 9.47 Å². The molecule has 5 nitrogen and oxygen atoms in total. The van der Waals surface area contributed by atoms with Gasteiger partial charge < -0.3 is 19.7 Å². The zero-order chi connectivity index (χ0) is 16.8. The van der Waals surface area contributed by atoms with E-state index in [9.17, 15) is 4.79 Å². The minimum absolute atomic E-state index is 0.0110. The maximum absolute atomic E-state index is 12.7. The second-order valence-corrected chi connectivity index (χ2v) is 6.70. The molecule has 2 aliphatic heterocycles. The van der Waals surface area contributed by atoms with Gasteiger partial charge in [-0.1, -0.05) is 12.1 Å². The Hall–Kier alpha value is -1.59. The van der Waals surface area contributed by atoms with Gasteiger partial charge in [0.05, 0.1) is 24.9 Å². The lowest BCUT2D eigenvalue weighted by Gasteiger charge is -2.30. The molecule has 0 aromatic heterocycles. The third-order valence-corrected chi connectivity index (χ3v) is 4.82. The van der Waals surface area contributed by atoms with Gasteiger partial charge in [-0.2, -0.15) is 0 Å². The SMILES string of the molecule is C[C@H](CC[C@@H]1CCCO1)NC(=O)c1ccccc1N1CCOCC1. The highest BCUT2D eigenvalue weighted by molar-refractivity contribution is 6.00. The number of para-hydroxylation sites is 1. The number of carbonyl (C=O) groups excluding carboxylic acids is 1. The van der Waals surface area contributed by atoms with Crippen LogP contribution in [0, 0.1) is 0 Å². The molecule has 0 spiro atoms. The second kappa shape index (κ2) is 8.49. The average molecular weight is 332 g/mol. The van der Waals surface area contributed by atoms with Crippen molar-refractivity contribution in [1.29, 1.82) is 0 Å². The quantitative estimate of drug-likeness (QED) is 0.870. The molecule has 2 fully saturated rings. The van der Waals surface area contributed by atoms with Crippen LogP contribution in [0.2, 0.25) is 0 Å². The number of hydrogen-bond donors (Lipinski definition) is 1. The lowest BCUT2D eigenvalue weighted by molar-refractivity contribution is 0.0898. The van der Waals surface area contributed by atoms with Crippen molar-refractivity contribution in [3.63, 3.8) is 0 Å². The van der Waals surface area contributed by atoms with Crippen molar-refractivity contribution >= 4 is 11.6 Å². The van der Waals surface area contributed by atoms with Crippen LogP contribution in [-0.4, -0.2) is 51.0 Å². The summed E-state index contributed by atoms with van der Waals surface area (Å²) in [5.41, 5.74) is 1.76. The zero-order valence-corrected chi connectivity index (χ0v) is 14.5. The van der Waals surface area contributed by atoms with Crippen molar-refractivity contribution in [3.8, 4) is 0 Å². The number of carbonyl (C=O) groups is 1. The number of amides is 1. The van der Waals surface area contributed by atoms with Crippen LogP contribution in [0.4, 0.5) is 5.69 Å². The summed E-state index contributed by atoms with van der Waals surface area (Å²) in [4.78, 5) is 14.9. The summed E-state index contributed by atoms with van der Waals surface area (Å²) in [5.74, 6) is 0.0110. The van der Waals surface area contributed by atoms with Crippen LogP contribution < -0.4 is 10.2 Å². The van der Waals surface area contributed by atoms with Gasteiger partial charge in [0.25, 0.3) is 5.91 Å². The highest BCUT2D eigenvalue weighted by Crippen LogP contribution is 2.22. The molecule has 0 unspecified atom stereocenters. The number of nitrogens with zero attached hydrogens (tertiary/aromatic N) is 1. The van der Waals surface area contributed by atoms with Gasteiger partial charge in [-0.05, 0) is 44.7 Å². The molecule has 0 radical (unpaired) electrons. The van der Waals surface area contributed by atoms with Crippen LogP contribution in [0.15, 0.2) is 24.3 Å². The Morgan fingerprint density at radius 1 is 1.29 bits per heavy atom. The summed E-state index contributed by atoms with van der Waals surface area (Å²) in [6.07, 6.45) is 4.67. The van der Waals surface area contributed by atoms with Crippen LogP contribution >= 0.6 is 0 Å². The van der Waals surface area contributed by atoms with Gasteiger partial charge in [-0.15, -0.1) is 0 Å². The van der Waals surface area contributed by atoms with Crippen LogP contribution in [0.25, 0.3) is 0 Å². The smallest absolute Gasteiger partial charge is 0.253 e. The van der Waals surface area contributed by atoms with E-state index in [0.29, 0.717) is 19.3 Å². The number of nitrogens with one attached hydrogen (secondary N) is 1. The summed E-state index contributed by atoms with van der Waals surface area (Å²) in [7, 11) is 0. The highest BCUT2D eigenvalue weighted by atomic mass is 16.5. The molecule has 2 heterocycles. The summed E-state index contributed by atoms with van der Waals surface area (Å²) >= 11 is 0. The number of ether oxygens (including phenoxy) is 2. The standard InChI is InChI=1S/C19H28N2O3/c1-15(8-9-16-5-4-12-24-16)20-19(22)17-6-2-3-7-18(17)21-10-13-23-14-11-21/h2-3,6-7,15-16H,4-5,8-14H2,1H3,(H,20,22)/t15-,16+/m1/s1. The van der Waals surface area contributed by atoms with Crippen LogP contribution in [0.1, 0.15) is 43.0 Å². The maximum Gasteiger partial charge on any atom is 0.253 e. The maximum atomic E-state index is 12.7. The molecule has 24 heavy (non-hydrogen) atoms. The van der Waals surface area contributed by atoms with Crippen LogP contribution in [0.3, 0.4) is 0 Å². The van der Waals surface area contributed by atoms with Gasteiger partial charge >= 0.3 is 0 Å². The molecule has 1 amide bonds. The molecule has 3 rings (SSSR count). The molecule has 1 aromatic carbocycles. The number of hydrogen-bond acceptors (Lipinski definition) is 4. The van der Waals surface area contributed by atoms with E-state index < -0.39 is 0 Å². The Labute approximate surface area is 144 Å². The van der Waals surface area contributed by atoms with E-state index in [0.717, 1.165) is 50.2 Å². The van der Waals surface area contributed by atoms with Gasteiger partial charge in [0.1, 0.15) is 0 Å². The number of morpholine rings is 1. The lowest BCUT2D eigenvalue weighted by Crippen LogP contribution is -2.39. The van der Waals surface area contributed by atoms with E-state index in [2.05, 4.69) is 17.1 Å². The Bertz CT molecular complexity index is 537. The molecular formula is C19H28N2O3. The molecule has 2 saturated heterocycles. The Morgan fingerprint density at radius 2 is 2.08 bits per heavy atom. The van der Waals surface area contributed by atoms with E-state index in [1.807, 2.05) is 24.3 Å². The minimum Gasteiger partial charge on any atom is -0.378 e. The van der Waals surface area contributed by atoms with Gasteiger partial charge in [-0.25, -0.2) is 0 Å². The average Bonchev–Trinajstić information content (AvgIpc) is 3.14. The normalized spacial score (nSPS) is 22.4. The van der Waals surface area contributed by atoms with Crippen molar-refractivity contribution in [2.75, 3.05) is 37.8 Å². The van der Waals surface area contributed by atoms with Gasteiger partial charge in [0.15, 0.2) is 0 Å². The summed E-state index contributed by atoms with van der Waals surface area (Å²) in [5, 5.41) is 3.15. The van der Waals surface area contributed by atoms with Crippen molar-refractivity contribution in [2.24, 2.45) is 0 Å². The largest absolute Gasteiger partial charge is 0.378 e. The first kappa shape index (κ1) is 17.2. The molecule has 2 aliphatic rings. The summed E-state index contributed by atoms with van der Waals surface area (Å²) in [6, 6.07) is 8.00. The molecule has 0 saturated carbocycles. The van der Waals surface area contributed by atoms with Crippen molar-refractivity contribution < 1.29 is 14.3 Å². The van der Waals surface area contributed by atoms with E-state index in [4.69, 9.17) is 9.47 Å². The second-order valence-electron chi connectivity index (χ2n) is 6.70. The Balaban J connectivity index is 1.57. The van der Waals surface area contributed by atoms with Gasteiger partial charge in [0, 0.05) is 31.4 Å². The lowest BCUT2D eigenvalue weighted by atomic mass is 10.1. The molecule has 1 aromatic rings. The van der Waals surface area contributed by atoms with E-state index in [-0.39, 0.29) is 11.9 Å². The Morgan fingerprint density at radius 3 is 2.83 bits per heavy atom. The highest BCUT2D eigenvalue weighted by Gasteiger charge is 2.20. The zero-order valence-electron chi connectivity index (χ0n) is 14.5. The van der Waals surface area contributed by atoms with Crippen molar-refractivity contribution in [2.45, 2.75) is 44.8 Å². The van der Waals surface area contributed by atoms with E-state index >= 15 is 0 Å². The van der Waals surface area contributed by atoms with Crippen molar-refractivity contribution in [3.05, 3.63) is 29.8 Å². The predicted molar refractivity (Wildman–Crippen MR) is 94.6 cm³/mol. The van der Waals surface area contributed by atoms with Crippen LogP contribution in [0.5, 0.6) is 0 Å². The molecule has 0 bridgehead atoms. The topological polar surface area (TPSA) is 50.8 Å². The molecule has 132 valence electrons. The first-order chi connectivity index (χ1) is 11.7. The number of anilines is 1. The molecule has 1 N–H and O–H groups in total. The molecule has 0 aliphatic carbocycles. The third-order valence-electron chi connectivity index (χ3n) is 4.82. The molecule has 5 heteroatoms. The van der Waals surface area contributed by atoms with E-state index in [1.54, 1.807) is 0 Å². The molecule has 2 atom stereocenters. The fourth-order valence-corrected chi connectivity index (χ4v) is 3.43. The first-order valence-electron chi connectivity index (χ1n) is 9.08. The molecular weight excluding hydrogens is 304 g/mol. The Kier molecular flexibility index (Phi) is 6.10. The predicted octanol–water partition coefficient (Wildman–Crippen LogP) is 2.60. The van der Waals surface area contributed by atoms with E-state index in [1.165, 1.54) is 6.42 Å². The fourth-order valence-electron chi connectivity index (χ4n) is 3.43. The van der Waals surface area contributed by atoms with Crippen molar-refractivity contribution in [1.82, 2.24) is 5.32 Å². The fraction of sp³-hybridized carbons (Fsp3) is 0.632. The van der Waals surface area contributed by atoms with Gasteiger partial charge in [0.2, 0.25) is 0 Å². The first-order valence-corrected chi connectivity index (χ1v) is 9.08.